The molecule has 1 aliphatic rings. The van der Waals surface area contributed by atoms with Crippen LogP contribution in [0, 0.1) is 5.92 Å². The number of phosphoric ester groups is 1. The monoisotopic (exact) mass is 763 g/mol. The summed E-state index contributed by atoms with van der Waals surface area (Å²) in [7, 11) is -4.62. The average molecular weight is 763 g/mol. The normalized spacial score (nSPS) is 18.1. The van der Waals surface area contributed by atoms with Crippen LogP contribution in [-0.4, -0.2) is 77.9 Å². The van der Waals surface area contributed by atoms with E-state index in [2.05, 4.69) is 37.4 Å². The molecule has 0 amide bonds. The highest BCUT2D eigenvalue weighted by Gasteiger charge is 2.36. The SMILES string of the molecule is CCCCC/C=C\CC1OC1CCCCCCCC(=O)OC[C@H](COP(=O)(O)OC[C@@H](O)CO)OC(=O)CCCCCCCCCCCCC(C)C. The van der Waals surface area contributed by atoms with E-state index in [0.717, 1.165) is 70.1 Å². The third kappa shape index (κ3) is 30.0. The van der Waals surface area contributed by atoms with Crippen LogP contribution in [0.4, 0.5) is 0 Å². The van der Waals surface area contributed by atoms with E-state index >= 15 is 0 Å². The van der Waals surface area contributed by atoms with E-state index < -0.39 is 51.8 Å². The van der Waals surface area contributed by atoms with E-state index in [4.69, 9.17) is 23.8 Å². The van der Waals surface area contributed by atoms with Crippen molar-refractivity contribution in [3.8, 4) is 0 Å². The number of carbonyl (C=O) groups is 2. The summed E-state index contributed by atoms with van der Waals surface area (Å²) in [5, 5.41) is 18.3. The third-order valence-electron chi connectivity index (χ3n) is 9.27. The predicted octanol–water partition coefficient (Wildman–Crippen LogP) is 9.29. The van der Waals surface area contributed by atoms with Gasteiger partial charge in [-0.05, 0) is 44.4 Å². The Morgan fingerprint density at radius 3 is 1.92 bits per heavy atom. The van der Waals surface area contributed by atoms with Gasteiger partial charge in [0.1, 0.15) is 12.7 Å². The first-order valence-electron chi connectivity index (χ1n) is 20.6. The molecule has 1 fully saturated rings. The van der Waals surface area contributed by atoms with Gasteiger partial charge in [0.15, 0.2) is 6.10 Å². The number of allylic oxidation sites excluding steroid dienone is 1. The fourth-order valence-corrected chi connectivity index (χ4v) is 6.74. The Balaban J connectivity index is 2.27. The van der Waals surface area contributed by atoms with E-state index in [-0.39, 0.29) is 19.4 Å². The molecule has 1 heterocycles. The molecule has 12 heteroatoms. The number of epoxide rings is 1. The molecule has 5 atom stereocenters. The minimum absolute atomic E-state index is 0.181. The second-order valence-corrected chi connectivity index (χ2v) is 16.3. The molecular formula is C40H75O11P. The summed E-state index contributed by atoms with van der Waals surface area (Å²) in [6.45, 7) is 4.62. The van der Waals surface area contributed by atoms with E-state index in [0.29, 0.717) is 25.0 Å². The maximum absolute atomic E-state index is 12.6. The number of unbranched alkanes of at least 4 members (excludes halogenated alkanes) is 16. The molecule has 0 aromatic heterocycles. The van der Waals surface area contributed by atoms with Gasteiger partial charge in [-0.3, -0.25) is 18.6 Å². The lowest BCUT2D eigenvalue weighted by molar-refractivity contribution is -0.161. The van der Waals surface area contributed by atoms with Gasteiger partial charge < -0.3 is 29.3 Å². The first-order chi connectivity index (χ1) is 25.1. The second-order valence-electron chi connectivity index (χ2n) is 14.9. The Hall–Kier alpha value is -1.33. The Labute approximate surface area is 315 Å². The summed E-state index contributed by atoms with van der Waals surface area (Å²) >= 11 is 0. The Kier molecular flexibility index (Phi) is 29.9. The van der Waals surface area contributed by atoms with Crippen molar-refractivity contribution in [2.75, 3.05) is 26.4 Å². The largest absolute Gasteiger partial charge is 0.472 e. The van der Waals surface area contributed by atoms with Crippen LogP contribution in [0.15, 0.2) is 12.2 Å². The molecule has 0 radical (unpaired) electrons. The van der Waals surface area contributed by atoms with Crippen molar-refractivity contribution < 1.29 is 52.5 Å². The molecule has 0 aromatic rings. The highest BCUT2D eigenvalue weighted by atomic mass is 31.2. The molecule has 0 saturated carbocycles. The molecule has 3 N–H and O–H groups in total. The summed E-state index contributed by atoms with van der Waals surface area (Å²) in [6.07, 6.45) is 27.8. The summed E-state index contributed by atoms with van der Waals surface area (Å²) in [5.41, 5.74) is 0. The van der Waals surface area contributed by atoms with Gasteiger partial charge in [0.05, 0.1) is 32.0 Å². The topological polar surface area (TPSA) is 161 Å². The van der Waals surface area contributed by atoms with Crippen LogP contribution in [0.3, 0.4) is 0 Å². The van der Waals surface area contributed by atoms with Gasteiger partial charge in [-0.2, -0.15) is 0 Å². The van der Waals surface area contributed by atoms with Crippen molar-refractivity contribution >= 4 is 19.8 Å². The Morgan fingerprint density at radius 2 is 1.31 bits per heavy atom. The molecule has 0 bridgehead atoms. The van der Waals surface area contributed by atoms with E-state index in [9.17, 15) is 24.2 Å². The zero-order valence-corrected chi connectivity index (χ0v) is 33.8. The standard InChI is InChI=1S/C40H75O11P/c1-4-5-6-7-16-21-26-37-38(51-37)27-22-17-14-19-23-28-39(43)47-32-36(33-49-52(45,46)48-31-35(42)30-41)50-40(44)29-24-18-13-11-9-8-10-12-15-20-25-34(2)3/h16,21,34-38,41-42H,4-15,17-20,22-33H2,1-3H3,(H,45,46)/b21-16-/t35-,36+,37?,38?/m0/s1. The Bertz CT molecular complexity index is 960. The average Bonchev–Trinajstić information content (AvgIpc) is 3.87. The van der Waals surface area contributed by atoms with Crippen LogP contribution in [-0.2, 0) is 37.4 Å². The number of rotatable bonds is 37. The van der Waals surface area contributed by atoms with Crippen molar-refractivity contribution in [2.24, 2.45) is 5.92 Å². The molecule has 1 aliphatic heterocycles. The molecule has 1 saturated heterocycles. The number of aliphatic hydroxyl groups excluding tert-OH is 2. The smallest absolute Gasteiger partial charge is 0.462 e. The quantitative estimate of drug-likeness (QED) is 0.0182. The Morgan fingerprint density at radius 1 is 0.731 bits per heavy atom. The van der Waals surface area contributed by atoms with Crippen molar-refractivity contribution in [1.29, 1.82) is 0 Å². The maximum atomic E-state index is 12.6. The lowest BCUT2D eigenvalue weighted by Gasteiger charge is -2.20. The summed E-state index contributed by atoms with van der Waals surface area (Å²) < 4.78 is 38.4. The van der Waals surface area contributed by atoms with Gasteiger partial charge in [0.25, 0.3) is 0 Å². The van der Waals surface area contributed by atoms with Crippen LogP contribution in [0.5, 0.6) is 0 Å². The van der Waals surface area contributed by atoms with Gasteiger partial charge in [0, 0.05) is 12.8 Å². The molecule has 3 unspecified atom stereocenters. The molecule has 1 rings (SSSR count). The molecular weight excluding hydrogens is 687 g/mol. The molecule has 52 heavy (non-hydrogen) atoms. The fourth-order valence-electron chi connectivity index (χ4n) is 5.95. The summed E-state index contributed by atoms with van der Waals surface area (Å²) in [6, 6.07) is 0. The third-order valence-corrected chi connectivity index (χ3v) is 10.2. The van der Waals surface area contributed by atoms with Crippen molar-refractivity contribution in [3.63, 3.8) is 0 Å². The van der Waals surface area contributed by atoms with Crippen LogP contribution in [0.2, 0.25) is 0 Å². The maximum Gasteiger partial charge on any atom is 0.472 e. The van der Waals surface area contributed by atoms with Gasteiger partial charge >= 0.3 is 19.8 Å². The number of hydrogen-bond donors (Lipinski definition) is 3. The van der Waals surface area contributed by atoms with Crippen LogP contribution < -0.4 is 0 Å². The minimum Gasteiger partial charge on any atom is -0.462 e. The van der Waals surface area contributed by atoms with Gasteiger partial charge in [-0.15, -0.1) is 0 Å². The first-order valence-corrected chi connectivity index (χ1v) is 22.1. The highest BCUT2D eigenvalue weighted by molar-refractivity contribution is 7.47. The van der Waals surface area contributed by atoms with Crippen LogP contribution >= 0.6 is 7.82 Å². The van der Waals surface area contributed by atoms with E-state index in [1.807, 2.05) is 0 Å². The fraction of sp³-hybridized carbons (Fsp3) is 0.900. The van der Waals surface area contributed by atoms with E-state index in [1.165, 1.54) is 64.2 Å². The number of esters is 2. The van der Waals surface area contributed by atoms with Gasteiger partial charge in [0.2, 0.25) is 0 Å². The second kappa shape index (κ2) is 32.0. The number of phosphoric acid groups is 1. The lowest BCUT2D eigenvalue weighted by atomic mass is 10.0. The van der Waals surface area contributed by atoms with E-state index in [1.54, 1.807) is 0 Å². The molecule has 0 aliphatic carbocycles. The van der Waals surface area contributed by atoms with Crippen molar-refractivity contribution in [2.45, 2.75) is 199 Å². The number of hydrogen-bond acceptors (Lipinski definition) is 10. The molecule has 0 aromatic carbocycles. The number of ether oxygens (including phenoxy) is 3. The summed E-state index contributed by atoms with van der Waals surface area (Å²) in [5.74, 6) is -0.161. The number of carbonyl (C=O) groups excluding carboxylic acids is 2. The molecule has 0 spiro atoms. The predicted molar refractivity (Wildman–Crippen MR) is 205 cm³/mol. The van der Waals surface area contributed by atoms with Crippen molar-refractivity contribution in [1.82, 2.24) is 0 Å². The summed E-state index contributed by atoms with van der Waals surface area (Å²) in [4.78, 5) is 34.9. The van der Waals surface area contributed by atoms with Crippen molar-refractivity contribution in [3.05, 3.63) is 12.2 Å². The lowest BCUT2D eigenvalue weighted by Crippen LogP contribution is -2.29. The van der Waals surface area contributed by atoms with Gasteiger partial charge in [-0.1, -0.05) is 136 Å². The highest BCUT2D eigenvalue weighted by Crippen LogP contribution is 2.43. The number of aliphatic hydroxyl groups is 2. The molecule has 11 nitrogen and oxygen atoms in total. The zero-order chi connectivity index (χ0) is 38.3. The van der Waals surface area contributed by atoms with Crippen LogP contribution in [0.1, 0.15) is 175 Å². The molecule has 306 valence electrons. The van der Waals surface area contributed by atoms with Crippen LogP contribution in [0.25, 0.3) is 0 Å². The first kappa shape index (κ1) is 48.7. The minimum atomic E-state index is -4.62. The van der Waals surface area contributed by atoms with Gasteiger partial charge in [-0.25, -0.2) is 4.57 Å². The zero-order valence-electron chi connectivity index (χ0n) is 32.9.